The molecular formula is C49H77N7O6. The Hall–Kier alpha value is -3.87. The molecule has 1 aromatic heterocycles. The molecule has 1 heterocycles. The van der Waals surface area contributed by atoms with Crippen LogP contribution in [0, 0.1) is 56.5 Å². The van der Waals surface area contributed by atoms with Gasteiger partial charge in [0.15, 0.2) is 0 Å². The summed E-state index contributed by atoms with van der Waals surface area (Å²) in [4.78, 5) is 47.7. The lowest BCUT2D eigenvalue weighted by molar-refractivity contribution is -0.383. The Morgan fingerprint density at radius 2 is 1.50 bits per heavy atom. The van der Waals surface area contributed by atoms with Crippen LogP contribution in [0.4, 0.5) is 5.69 Å². The maximum absolute atomic E-state index is 12.4. The van der Waals surface area contributed by atoms with Crippen molar-refractivity contribution in [3.8, 4) is 0 Å². The molecule has 8 atom stereocenters. The van der Waals surface area contributed by atoms with Crippen LogP contribution in [-0.2, 0) is 20.8 Å². The number of allylic oxidation sites excluding steroid dienone is 1. The second-order valence-electron chi connectivity index (χ2n) is 20.5. The van der Waals surface area contributed by atoms with Crippen molar-refractivity contribution in [2.24, 2.45) is 46.3 Å². The highest BCUT2D eigenvalue weighted by Gasteiger charge is 2.59. The van der Waals surface area contributed by atoms with E-state index in [9.17, 15) is 24.5 Å². The van der Waals surface area contributed by atoms with Crippen LogP contribution in [0.1, 0.15) is 162 Å². The quantitative estimate of drug-likeness (QED) is 0.0346. The molecule has 6 rings (SSSR count). The predicted molar refractivity (Wildman–Crippen MR) is 243 cm³/mol. The van der Waals surface area contributed by atoms with Gasteiger partial charge in [-0.3, -0.25) is 24.5 Å². The van der Waals surface area contributed by atoms with Crippen LogP contribution in [0.5, 0.6) is 0 Å². The first-order chi connectivity index (χ1) is 29.8. The zero-order valence-corrected chi connectivity index (χ0v) is 38.5. The van der Waals surface area contributed by atoms with Gasteiger partial charge >= 0.3 is 5.69 Å². The molecule has 344 valence electrons. The van der Waals surface area contributed by atoms with Crippen molar-refractivity contribution in [3.63, 3.8) is 0 Å². The molecule has 13 nitrogen and oxygen atoms in total. The van der Waals surface area contributed by atoms with E-state index in [0.29, 0.717) is 41.8 Å². The molecule has 2 aromatic rings. The van der Waals surface area contributed by atoms with Gasteiger partial charge in [0.1, 0.15) is 5.52 Å². The van der Waals surface area contributed by atoms with Crippen molar-refractivity contribution < 1.29 is 23.9 Å². The number of amides is 3. The van der Waals surface area contributed by atoms with Gasteiger partial charge in [-0.2, -0.15) is 0 Å². The number of nitrogens with one attached hydrogen (secondary N) is 4. The van der Waals surface area contributed by atoms with E-state index in [1.807, 2.05) is 0 Å². The summed E-state index contributed by atoms with van der Waals surface area (Å²) < 4.78 is 4.72. The van der Waals surface area contributed by atoms with Crippen LogP contribution >= 0.6 is 0 Å². The largest absolute Gasteiger partial charge is 0.356 e. The highest BCUT2D eigenvalue weighted by atomic mass is 16.6. The zero-order valence-electron chi connectivity index (χ0n) is 38.5. The normalized spacial score (nSPS) is 27.2. The number of rotatable bonds is 24. The molecule has 0 aliphatic heterocycles. The van der Waals surface area contributed by atoms with E-state index in [1.165, 1.54) is 70.3 Å². The number of carbonyl (C=O) groups excluding carboxylic acids is 3. The Morgan fingerprint density at radius 1 is 0.790 bits per heavy atom. The molecule has 4 N–H and O–H groups in total. The molecule has 0 saturated heterocycles. The Bertz CT molecular complexity index is 1860. The molecule has 3 fully saturated rings. The topological polar surface area (TPSA) is 181 Å². The molecule has 0 bridgehead atoms. The SMILES string of the molecule is CC(C)CCCC(C)[C@H]1CCC2C3CC=C4C[C@@H](NCCCNC(=O)CCNC(=O)CCNC(=O)CCCCCCc5ccc([N+](=O)[O-])c6nonc56)CC[C@]4(C)C3CC[C@@]21C. The highest BCUT2D eigenvalue weighted by Crippen LogP contribution is 2.67. The van der Waals surface area contributed by atoms with Crippen molar-refractivity contribution in [3.05, 3.63) is 39.5 Å². The number of hydrogen-bond acceptors (Lipinski definition) is 9. The summed E-state index contributed by atoms with van der Waals surface area (Å²) in [5, 5.41) is 31.1. The van der Waals surface area contributed by atoms with E-state index in [0.717, 1.165) is 86.1 Å². The van der Waals surface area contributed by atoms with Crippen molar-refractivity contribution in [2.75, 3.05) is 26.2 Å². The monoisotopic (exact) mass is 860 g/mol. The summed E-state index contributed by atoms with van der Waals surface area (Å²) in [5.41, 5.74) is 3.92. The van der Waals surface area contributed by atoms with Gasteiger partial charge < -0.3 is 21.3 Å². The summed E-state index contributed by atoms with van der Waals surface area (Å²) in [6.45, 7) is 14.6. The van der Waals surface area contributed by atoms with Crippen molar-refractivity contribution in [1.82, 2.24) is 31.6 Å². The molecule has 4 aliphatic carbocycles. The number of nitrogens with zero attached hydrogens (tertiary/aromatic N) is 3. The second-order valence-corrected chi connectivity index (χ2v) is 20.5. The predicted octanol–water partition coefficient (Wildman–Crippen LogP) is 9.14. The lowest BCUT2D eigenvalue weighted by Crippen LogP contribution is -2.51. The van der Waals surface area contributed by atoms with Crippen molar-refractivity contribution >= 4 is 34.4 Å². The van der Waals surface area contributed by atoms with Crippen LogP contribution in [0.15, 0.2) is 28.4 Å². The number of unbranched alkanes of at least 4 members (excludes halogenated alkanes) is 3. The molecule has 0 radical (unpaired) electrons. The first kappa shape index (κ1) is 47.6. The molecule has 3 amide bonds. The highest BCUT2D eigenvalue weighted by molar-refractivity contribution is 5.86. The van der Waals surface area contributed by atoms with Gasteiger partial charge in [-0.1, -0.05) is 78.4 Å². The van der Waals surface area contributed by atoms with E-state index >= 15 is 0 Å². The summed E-state index contributed by atoms with van der Waals surface area (Å²) in [6, 6.07) is 3.63. The number of aromatic nitrogens is 2. The van der Waals surface area contributed by atoms with E-state index in [4.69, 9.17) is 4.63 Å². The molecule has 3 saturated carbocycles. The number of carbonyl (C=O) groups is 3. The maximum Gasteiger partial charge on any atom is 0.300 e. The molecule has 4 unspecified atom stereocenters. The molecule has 13 heteroatoms. The summed E-state index contributed by atoms with van der Waals surface area (Å²) in [5.74, 6) is 4.83. The van der Waals surface area contributed by atoms with Crippen LogP contribution in [-0.4, -0.2) is 65.2 Å². The fourth-order valence-electron chi connectivity index (χ4n) is 12.6. The summed E-state index contributed by atoms with van der Waals surface area (Å²) in [6.07, 6.45) is 23.2. The molecule has 4 aliphatic rings. The van der Waals surface area contributed by atoms with Gasteiger partial charge in [0.05, 0.1) is 4.92 Å². The Labute approximate surface area is 370 Å². The minimum absolute atomic E-state index is 0.0668. The Balaban J connectivity index is 0.772. The Morgan fingerprint density at radius 3 is 2.24 bits per heavy atom. The number of nitro groups is 1. The Kier molecular flexibility index (Phi) is 17.0. The number of benzene rings is 1. The van der Waals surface area contributed by atoms with Crippen LogP contribution < -0.4 is 21.3 Å². The van der Waals surface area contributed by atoms with Gasteiger partial charge in [0, 0.05) is 51.0 Å². The first-order valence-corrected chi connectivity index (χ1v) is 24.4. The maximum atomic E-state index is 12.4. The van der Waals surface area contributed by atoms with Gasteiger partial charge in [0.25, 0.3) is 0 Å². The van der Waals surface area contributed by atoms with Crippen LogP contribution in [0.3, 0.4) is 0 Å². The standard InChI is InChI=1S/C49H77N7O6/c1-33(2)12-10-13-34(3)39-19-20-40-38-18-17-36-32-37(22-26-48(36,4)41(38)23-27-49(39,40)5)50-28-11-29-51-44(58)24-31-53-45(59)25-30-52-43(57)15-9-7-6-8-14-35-16-21-42(56(60)61)47-46(35)54-62-55-47/h16-17,21,33-34,37-41,50H,6-15,18-20,22-32H2,1-5H3,(H,51,58)(H,52,57)(H,53,59)/t34?,37-,38?,39+,40?,41?,48-,49+/m0/s1. The smallest absolute Gasteiger partial charge is 0.300 e. The average molecular weight is 860 g/mol. The second kappa shape index (κ2) is 22.2. The fourth-order valence-corrected chi connectivity index (χ4v) is 12.6. The number of hydrogen-bond donors (Lipinski definition) is 4. The molecule has 0 spiro atoms. The summed E-state index contributed by atoms with van der Waals surface area (Å²) in [7, 11) is 0. The average Bonchev–Trinajstić information content (AvgIpc) is 3.87. The third kappa shape index (κ3) is 11.8. The van der Waals surface area contributed by atoms with Gasteiger partial charge in [-0.05, 0) is 152 Å². The van der Waals surface area contributed by atoms with Crippen LogP contribution in [0.2, 0.25) is 0 Å². The molecule has 62 heavy (non-hydrogen) atoms. The van der Waals surface area contributed by atoms with E-state index in [2.05, 4.69) is 72.3 Å². The molecule has 1 aromatic carbocycles. The number of aryl methyl sites for hydroxylation is 1. The third-order valence-electron chi connectivity index (χ3n) is 16.0. The zero-order chi connectivity index (χ0) is 44.3. The lowest BCUT2D eigenvalue weighted by atomic mass is 9.47. The van der Waals surface area contributed by atoms with E-state index in [-0.39, 0.29) is 54.9 Å². The van der Waals surface area contributed by atoms with Crippen LogP contribution in [0.25, 0.3) is 11.0 Å². The van der Waals surface area contributed by atoms with Gasteiger partial charge in [0.2, 0.25) is 23.2 Å². The third-order valence-corrected chi connectivity index (χ3v) is 16.0. The van der Waals surface area contributed by atoms with Gasteiger partial charge in [-0.15, -0.1) is 0 Å². The lowest BCUT2D eigenvalue weighted by Gasteiger charge is -2.58. The molecular weight excluding hydrogens is 783 g/mol. The minimum atomic E-state index is -0.498. The number of nitro benzene ring substituents is 1. The van der Waals surface area contributed by atoms with E-state index < -0.39 is 4.92 Å². The van der Waals surface area contributed by atoms with Crippen molar-refractivity contribution in [2.45, 2.75) is 169 Å². The minimum Gasteiger partial charge on any atom is -0.356 e. The van der Waals surface area contributed by atoms with E-state index in [1.54, 1.807) is 11.6 Å². The number of non-ortho nitro benzene ring substituents is 1. The fraction of sp³-hybridized carbons (Fsp3) is 0.776. The summed E-state index contributed by atoms with van der Waals surface area (Å²) >= 11 is 0. The van der Waals surface area contributed by atoms with Crippen molar-refractivity contribution in [1.29, 1.82) is 0 Å². The number of fused-ring (bicyclic) bond motifs is 6. The van der Waals surface area contributed by atoms with Gasteiger partial charge in [-0.25, -0.2) is 4.63 Å². The first-order valence-electron chi connectivity index (χ1n) is 24.4.